The topological polar surface area (TPSA) is 3.24 Å². The van der Waals surface area contributed by atoms with Crippen molar-refractivity contribution in [2.45, 2.75) is 6.54 Å². The molecule has 0 atom stereocenters. The van der Waals surface area contributed by atoms with Gasteiger partial charge in [0.15, 0.2) is 0 Å². The van der Waals surface area contributed by atoms with Crippen LogP contribution in [0.2, 0.25) is 0 Å². The van der Waals surface area contributed by atoms with Crippen LogP contribution in [0, 0.1) is 11.6 Å². The molecule has 0 N–H and O–H groups in total. The van der Waals surface area contributed by atoms with Crippen LogP contribution in [-0.4, -0.2) is 0 Å². The second-order valence-corrected chi connectivity index (χ2v) is 8.69. The molecule has 0 aliphatic carbocycles. The van der Waals surface area contributed by atoms with Gasteiger partial charge in [-0.1, -0.05) is 36.4 Å². The van der Waals surface area contributed by atoms with Crippen LogP contribution < -0.4 is 4.90 Å². The van der Waals surface area contributed by atoms with Gasteiger partial charge in [0.05, 0.1) is 16.5 Å². The first-order valence-electron chi connectivity index (χ1n) is 8.86. The monoisotopic (exact) mass is 407 g/mol. The number of thiophene rings is 2. The molecule has 0 bridgehead atoms. The average Bonchev–Trinajstić information content (AvgIpc) is 3.32. The zero-order valence-electron chi connectivity index (χ0n) is 14.7. The van der Waals surface area contributed by atoms with Gasteiger partial charge in [0.25, 0.3) is 0 Å². The number of hydrogen-bond donors (Lipinski definition) is 0. The molecule has 28 heavy (non-hydrogen) atoms. The maximum absolute atomic E-state index is 14.4. The molecule has 0 spiro atoms. The minimum atomic E-state index is -0.427. The van der Waals surface area contributed by atoms with Gasteiger partial charge in [-0.2, -0.15) is 0 Å². The van der Waals surface area contributed by atoms with Crippen molar-refractivity contribution in [3.05, 3.63) is 96.1 Å². The average molecular weight is 408 g/mol. The first-order valence-corrected chi connectivity index (χ1v) is 10.5. The summed E-state index contributed by atoms with van der Waals surface area (Å²) in [6.45, 7) is 0.267. The summed E-state index contributed by atoms with van der Waals surface area (Å²) in [5.74, 6) is -0.822. The highest BCUT2D eigenvalue weighted by molar-refractivity contribution is 7.25. The van der Waals surface area contributed by atoms with Gasteiger partial charge >= 0.3 is 0 Å². The number of anilines is 2. The van der Waals surface area contributed by atoms with Gasteiger partial charge in [0.1, 0.15) is 11.6 Å². The van der Waals surface area contributed by atoms with Crippen molar-refractivity contribution in [1.82, 2.24) is 0 Å². The highest BCUT2D eigenvalue weighted by Gasteiger charge is 2.18. The first-order chi connectivity index (χ1) is 13.7. The Balaban J connectivity index is 1.65. The van der Waals surface area contributed by atoms with Crippen LogP contribution in [-0.2, 0) is 6.54 Å². The van der Waals surface area contributed by atoms with E-state index in [1.807, 2.05) is 24.3 Å². The summed E-state index contributed by atoms with van der Waals surface area (Å²) < 4.78 is 30.5. The van der Waals surface area contributed by atoms with Crippen molar-refractivity contribution < 1.29 is 8.78 Å². The standard InChI is InChI=1S/C23H15F2NS2/c24-18-9-10-19(25)17(11-18)14-26(22-12-15-5-1-3-7-20(15)27-22)23-13-16-6-2-4-8-21(16)28-23/h1-13H,14H2. The second kappa shape index (κ2) is 7.00. The molecule has 0 radical (unpaired) electrons. The predicted octanol–water partition coefficient (Wildman–Crippen LogP) is 7.73. The highest BCUT2D eigenvalue weighted by atomic mass is 32.1. The lowest BCUT2D eigenvalue weighted by molar-refractivity contribution is 0.585. The van der Waals surface area contributed by atoms with Crippen molar-refractivity contribution in [3.63, 3.8) is 0 Å². The molecule has 0 saturated carbocycles. The van der Waals surface area contributed by atoms with E-state index in [4.69, 9.17) is 0 Å². The predicted molar refractivity (Wildman–Crippen MR) is 116 cm³/mol. The van der Waals surface area contributed by atoms with Crippen molar-refractivity contribution >= 4 is 52.8 Å². The third-order valence-electron chi connectivity index (χ3n) is 4.69. The van der Waals surface area contributed by atoms with Crippen LogP contribution in [0.15, 0.2) is 78.9 Å². The zero-order chi connectivity index (χ0) is 19.1. The Labute approximate surface area is 169 Å². The van der Waals surface area contributed by atoms with Crippen molar-refractivity contribution in [3.8, 4) is 0 Å². The van der Waals surface area contributed by atoms with E-state index in [-0.39, 0.29) is 6.54 Å². The molecule has 5 rings (SSSR count). The molecule has 5 aromatic rings. The lowest BCUT2D eigenvalue weighted by atomic mass is 10.2. The van der Waals surface area contributed by atoms with Crippen LogP contribution in [0.4, 0.5) is 18.8 Å². The van der Waals surface area contributed by atoms with E-state index in [1.54, 1.807) is 22.7 Å². The molecular formula is C23H15F2NS2. The van der Waals surface area contributed by atoms with Crippen LogP contribution in [0.1, 0.15) is 5.56 Å². The van der Waals surface area contributed by atoms with Crippen molar-refractivity contribution in [2.24, 2.45) is 0 Å². The van der Waals surface area contributed by atoms with Crippen molar-refractivity contribution in [1.29, 1.82) is 0 Å². The summed E-state index contributed by atoms with van der Waals surface area (Å²) in [6.07, 6.45) is 0. The lowest BCUT2D eigenvalue weighted by Gasteiger charge is -2.21. The van der Waals surface area contributed by atoms with E-state index in [9.17, 15) is 8.78 Å². The molecule has 0 aliphatic heterocycles. The van der Waals surface area contributed by atoms with Gasteiger partial charge in [-0.15, -0.1) is 22.7 Å². The largest absolute Gasteiger partial charge is 0.320 e. The minimum absolute atomic E-state index is 0.267. The lowest BCUT2D eigenvalue weighted by Crippen LogP contribution is -2.15. The van der Waals surface area contributed by atoms with E-state index in [0.29, 0.717) is 5.56 Å². The number of nitrogens with zero attached hydrogens (tertiary/aromatic N) is 1. The van der Waals surface area contributed by atoms with Crippen molar-refractivity contribution in [2.75, 3.05) is 4.90 Å². The Bertz CT molecular complexity index is 1150. The summed E-state index contributed by atoms with van der Waals surface area (Å²) in [4.78, 5) is 2.08. The molecule has 2 aromatic heterocycles. The van der Waals surface area contributed by atoms with Crippen LogP contribution >= 0.6 is 22.7 Å². The molecule has 0 aliphatic rings. The quantitative estimate of drug-likeness (QED) is 0.295. The summed E-state index contributed by atoms with van der Waals surface area (Å²) in [5.41, 5.74) is 0.343. The minimum Gasteiger partial charge on any atom is -0.320 e. The maximum Gasteiger partial charge on any atom is 0.128 e. The second-order valence-electron chi connectivity index (χ2n) is 6.57. The Morgan fingerprint density at radius 2 is 1.25 bits per heavy atom. The fourth-order valence-electron chi connectivity index (χ4n) is 3.30. The number of halogens is 2. The summed E-state index contributed by atoms with van der Waals surface area (Å²) in [5, 5.41) is 4.31. The van der Waals surface area contributed by atoms with Crippen LogP contribution in [0.3, 0.4) is 0 Å². The van der Waals surface area contributed by atoms with E-state index in [1.165, 1.54) is 21.5 Å². The van der Waals surface area contributed by atoms with Crippen LogP contribution in [0.25, 0.3) is 20.2 Å². The summed E-state index contributed by atoms with van der Waals surface area (Å²) in [7, 11) is 0. The third-order valence-corrected chi connectivity index (χ3v) is 6.97. The molecule has 1 nitrogen and oxygen atoms in total. The normalized spacial score (nSPS) is 11.4. The van der Waals surface area contributed by atoms with Gasteiger partial charge in [-0.3, -0.25) is 0 Å². The summed E-state index contributed by atoms with van der Waals surface area (Å²) in [6, 6.07) is 24.2. The SMILES string of the molecule is Fc1ccc(F)c(CN(c2cc3ccccc3s2)c2cc3ccccc3s2)c1. The smallest absolute Gasteiger partial charge is 0.128 e. The van der Waals surface area contributed by atoms with Gasteiger partial charge in [0.2, 0.25) is 0 Å². The molecule has 0 amide bonds. The highest BCUT2D eigenvalue weighted by Crippen LogP contribution is 2.42. The molecule has 0 unspecified atom stereocenters. The number of fused-ring (bicyclic) bond motifs is 2. The first kappa shape index (κ1) is 17.3. The number of benzene rings is 3. The molecular weight excluding hydrogens is 392 g/mol. The van der Waals surface area contributed by atoms with Crippen LogP contribution in [0.5, 0.6) is 0 Å². The van der Waals surface area contributed by atoms with Gasteiger partial charge < -0.3 is 4.90 Å². The molecule has 3 aromatic carbocycles. The summed E-state index contributed by atoms with van der Waals surface area (Å²) >= 11 is 3.31. The Morgan fingerprint density at radius 1 is 0.679 bits per heavy atom. The molecule has 0 fully saturated rings. The maximum atomic E-state index is 14.4. The Hall–Kier alpha value is -2.76. The van der Waals surface area contributed by atoms with E-state index >= 15 is 0 Å². The van der Waals surface area contributed by atoms with E-state index < -0.39 is 11.6 Å². The van der Waals surface area contributed by atoms with E-state index in [0.717, 1.165) is 26.8 Å². The number of rotatable bonds is 4. The van der Waals surface area contributed by atoms with Gasteiger partial charge in [-0.25, -0.2) is 8.78 Å². The van der Waals surface area contributed by atoms with E-state index in [2.05, 4.69) is 41.3 Å². The van der Waals surface area contributed by atoms with Gasteiger partial charge in [-0.05, 0) is 53.2 Å². The Morgan fingerprint density at radius 3 is 1.82 bits per heavy atom. The molecule has 138 valence electrons. The third kappa shape index (κ3) is 3.17. The molecule has 0 saturated heterocycles. The van der Waals surface area contributed by atoms with Gasteiger partial charge in [0, 0.05) is 15.0 Å². The Kier molecular flexibility index (Phi) is 4.34. The molecule has 2 heterocycles. The number of hydrogen-bond acceptors (Lipinski definition) is 3. The fraction of sp³-hybridized carbons (Fsp3) is 0.0435. The fourth-order valence-corrected chi connectivity index (χ4v) is 5.51. The molecule has 5 heteroatoms. The zero-order valence-corrected chi connectivity index (χ0v) is 16.4.